The van der Waals surface area contributed by atoms with Gasteiger partial charge in [0.05, 0.1) is 0 Å². The first-order valence-electron chi connectivity index (χ1n) is 7.27. The van der Waals surface area contributed by atoms with Gasteiger partial charge in [0, 0.05) is 19.7 Å². The van der Waals surface area contributed by atoms with E-state index in [-0.39, 0.29) is 6.10 Å². The van der Waals surface area contributed by atoms with Gasteiger partial charge >= 0.3 is 0 Å². The first-order chi connectivity index (χ1) is 9.90. The molecule has 1 atom stereocenters. The molecule has 0 fully saturated rings. The minimum absolute atomic E-state index is 0.0913. The third-order valence-electron chi connectivity index (χ3n) is 3.61. The van der Waals surface area contributed by atoms with E-state index >= 15 is 0 Å². The topological polar surface area (TPSA) is 33.6 Å². The summed E-state index contributed by atoms with van der Waals surface area (Å²) in [5.74, 6) is 0.967. The highest BCUT2D eigenvalue weighted by molar-refractivity contribution is 5.94. The van der Waals surface area contributed by atoms with E-state index in [1.165, 1.54) is 16.3 Å². The second-order valence-corrected chi connectivity index (χ2v) is 4.95. The van der Waals surface area contributed by atoms with Crippen LogP contribution in [0.4, 0.5) is 0 Å². The molecule has 2 aromatic carbocycles. The van der Waals surface area contributed by atoms with Crippen LogP contribution in [0.2, 0.25) is 0 Å². The summed E-state index contributed by atoms with van der Waals surface area (Å²) in [6.45, 7) is 4.57. The Bertz CT molecular complexity index is 616. The monoisotopic (exact) mass is 268 g/mol. The molecular formula is C17H20N2O. The maximum absolute atomic E-state index is 5.98. The molecule has 1 aliphatic heterocycles. The number of benzene rings is 2. The Morgan fingerprint density at radius 3 is 2.85 bits per heavy atom. The van der Waals surface area contributed by atoms with Gasteiger partial charge in [0.25, 0.3) is 0 Å². The molecule has 3 rings (SSSR count). The lowest BCUT2D eigenvalue weighted by Gasteiger charge is -2.24. The van der Waals surface area contributed by atoms with Crippen molar-refractivity contribution in [2.24, 2.45) is 4.99 Å². The van der Waals surface area contributed by atoms with Gasteiger partial charge in [-0.05, 0) is 29.7 Å². The summed E-state index contributed by atoms with van der Waals surface area (Å²) < 4.78 is 5.98. The molecule has 1 heterocycles. The number of aliphatic imine (C=N–C) groups is 1. The van der Waals surface area contributed by atoms with Crippen molar-refractivity contribution in [1.82, 2.24) is 5.32 Å². The van der Waals surface area contributed by atoms with Gasteiger partial charge < -0.3 is 10.1 Å². The number of amidine groups is 1. The summed E-state index contributed by atoms with van der Waals surface area (Å²) in [4.78, 5) is 4.61. The van der Waals surface area contributed by atoms with Crippen molar-refractivity contribution < 1.29 is 4.74 Å². The van der Waals surface area contributed by atoms with Gasteiger partial charge in [-0.25, -0.2) is 0 Å². The Balaban J connectivity index is 2.07. The number of ether oxygens (including phenoxy) is 1. The minimum Gasteiger partial charge on any atom is -0.371 e. The molecule has 2 aromatic rings. The number of nitrogens with zero attached hydrogens (tertiary/aromatic N) is 1. The summed E-state index contributed by atoms with van der Waals surface area (Å²) in [6.07, 6.45) is 1.00. The molecule has 0 amide bonds. The number of hydrogen-bond acceptors (Lipinski definition) is 3. The fourth-order valence-corrected chi connectivity index (χ4v) is 2.69. The summed E-state index contributed by atoms with van der Waals surface area (Å²) in [5.41, 5.74) is 1.19. The highest BCUT2D eigenvalue weighted by Crippen LogP contribution is 2.27. The van der Waals surface area contributed by atoms with Crippen molar-refractivity contribution in [1.29, 1.82) is 0 Å². The second kappa shape index (κ2) is 6.06. The fourth-order valence-electron chi connectivity index (χ4n) is 2.69. The molecule has 0 bridgehead atoms. The van der Waals surface area contributed by atoms with Crippen LogP contribution in [0.3, 0.4) is 0 Å². The molecular weight excluding hydrogens is 248 g/mol. The van der Waals surface area contributed by atoms with Crippen molar-refractivity contribution >= 4 is 16.6 Å². The van der Waals surface area contributed by atoms with Crippen molar-refractivity contribution in [3.63, 3.8) is 0 Å². The first-order valence-corrected chi connectivity index (χ1v) is 7.27. The Morgan fingerprint density at radius 1 is 1.20 bits per heavy atom. The molecule has 0 spiro atoms. The number of hydrogen-bond donors (Lipinski definition) is 1. The van der Waals surface area contributed by atoms with Crippen LogP contribution in [0.1, 0.15) is 25.0 Å². The van der Waals surface area contributed by atoms with E-state index in [9.17, 15) is 0 Å². The summed E-state index contributed by atoms with van der Waals surface area (Å²) in [6, 6.07) is 14.8. The van der Waals surface area contributed by atoms with Gasteiger partial charge in [-0.15, -0.1) is 0 Å². The van der Waals surface area contributed by atoms with Crippen molar-refractivity contribution in [2.75, 3.05) is 19.7 Å². The van der Waals surface area contributed by atoms with Crippen molar-refractivity contribution in [3.8, 4) is 0 Å². The zero-order valence-corrected chi connectivity index (χ0v) is 11.8. The largest absolute Gasteiger partial charge is 0.371 e. The van der Waals surface area contributed by atoms with E-state index in [1.54, 1.807) is 0 Å². The van der Waals surface area contributed by atoms with E-state index in [4.69, 9.17) is 4.74 Å². The fraction of sp³-hybridized carbons (Fsp3) is 0.353. The molecule has 3 nitrogen and oxygen atoms in total. The number of rotatable bonds is 4. The lowest BCUT2D eigenvalue weighted by molar-refractivity contribution is 0.108. The lowest BCUT2D eigenvalue weighted by Crippen LogP contribution is -2.35. The molecule has 3 heteroatoms. The van der Waals surface area contributed by atoms with Gasteiger partial charge in [-0.3, -0.25) is 4.99 Å². The molecule has 0 radical (unpaired) electrons. The Hall–Kier alpha value is -1.87. The molecule has 104 valence electrons. The molecule has 0 saturated carbocycles. The number of nitrogens with one attached hydrogen (secondary N) is 1. The highest BCUT2D eigenvalue weighted by Gasteiger charge is 2.21. The van der Waals surface area contributed by atoms with Crippen LogP contribution in [0.25, 0.3) is 10.8 Å². The smallest absolute Gasteiger partial charge is 0.140 e. The Kier molecular flexibility index (Phi) is 3.97. The third-order valence-corrected chi connectivity index (χ3v) is 3.61. The molecule has 0 saturated heterocycles. The molecule has 0 aromatic heterocycles. The van der Waals surface area contributed by atoms with Gasteiger partial charge in [-0.2, -0.15) is 0 Å². The van der Waals surface area contributed by atoms with Crippen LogP contribution in [-0.4, -0.2) is 25.5 Å². The Morgan fingerprint density at radius 2 is 2.05 bits per heavy atom. The SMILES string of the molecule is CCO[C@@H](C1=NCCCN1)c1cccc2ccccc12. The van der Waals surface area contributed by atoms with Crippen LogP contribution in [-0.2, 0) is 4.74 Å². The highest BCUT2D eigenvalue weighted by atomic mass is 16.5. The van der Waals surface area contributed by atoms with Crippen LogP contribution < -0.4 is 5.32 Å². The normalized spacial score (nSPS) is 16.6. The zero-order valence-electron chi connectivity index (χ0n) is 11.8. The van der Waals surface area contributed by atoms with Crippen LogP contribution in [0.5, 0.6) is 0 Å². The maximum atomic E-state index is 5.98. The predicted octanol–water partition coefficient (Wildman–Crippen LogP) is 3.31. The van der Waals surface area contributed by atoms with Gasteiger partial charge in [0.15, 0.2) is 0 Å². The van der Waals surface area contributed by atoms with E-state index < -0.39 is 0 Å². The molecule has 20 heavy (non-hydrogen) atoms. The first kappa shape index (κ1) is 13.1. The number of fused-ring (bicyclic) bond motifs is 1. The predicted molar refractivity (Wildman–Crippen MR) is 83.2 cm³/mol. The Labute approximate surface area is 119 Å². The lowest BCUT2D eigenvalue weighted by atomic mass is 9.99. The average molecular weight is 268 g/mol. The van der Waals surface area contributed by atoms with Gasteiger partial charge in [-0.1, -0.05) is 42.5 Å². The standard InChI is InChI=1S/C17H20N2O/c1-2-20-16(17-18-11-6-12-19-17)15-10-5-8-13-7-3-4-9-14(13)15/h3-5,7-10,16H,2,6,11-12H2,1H3,(H,18,19)/t16-/m1/s1. The maximum Gasteiger partial charge on any atom is 0.140 e. The van der Waals surface area contributed by atoms with E-state index in [2.05, 4.69) is 52.8 Å². The molecule has 0 aliphatic carbocycles. The zero-order chi connectivity index (χ0) is 13.8. The van der Waals surface area contributed by atoms with Crippen LogP contribution in [0.15, 0.2) is 47.5 Å². The summed E-state index contributed by atoms with van der Waals surface area (Å²) >= 11 is 0. The summed E-state index contributed by atoms with van der Waals surface area (Å²) in [5, 5.41) is 5.87. The van der Waals surface area contributed by atoms with Crippen molar-refractivity contribution in [3.05, 3.63) is 48.0 Å². The average Bonchev–Trinajstić information content (AvgIpc) is 2.53. The van der Waals surface area contributed by atoms with E-state index in [0.717, 1.165) is 25.3 Å². The van der Waals surface area contributed by atoms with Gasteiger partial charge in [0.2, 0.25) is 0 Å². The van der Waals surface area contributed by atoms with Crippen LogP contribution in [0, 0.1) is 0 Å². The third kappa shape index (κ3) is 2.54. The summed E-state index contributed by atoms with van der Waals surface area (Å²) in [7, 11) is 0. The van der Waals surface area contributed by atoms with Crippen LogP contribution >= 0.6 is 0 Å². The molecule has 0 unspecified atom stereocenters. The van der Waals surface area contributed by atoms with Crippen molar-refractivity contribution in [2.45, 2.75) is 19.4 Å². The van der Waals surface area contributed by atoms with E-state index in [1.807, 2.05) is 6.92 Å². The quantitative estimate of drug-likeness (QED) is 0.923. The van der Waals surface area contributed by atoms with E-state index in [0.29, 0.717) is 6.61 Å². The molecule has 1 aliphatic rings. The molecule has 1 N–H and O–H groups in total. The van der Waals surface area contributed by atoms with Gasteiger partial charge in [0.1, 0.15) is 11.9 Å². The second-order valence-electron chi connectivity index (χ2n) is 4.95. The minimum atomic E-state index is -0.0913.